The number of anilines is 4. The summed E-state index contributed by atoms with van der Waals surface area (Å²) < 4.78 is 7.14. The molecule has 0 amide bonds. The molecule has 6 nitrogen and oxygen atoms in total. The van der Waals surface area contributed by atoms with Gasteiger partial charge in [-0.2, -0.15) is 5.10 Å². The lowest BCUT2D eigenvalue weighted by Crippen LogP contribution is -2.36. The zero-order valence-electron chi connectivity index (χ0n) is 12.5. The summed E-state index contributed by atoms with van der Waals surface area (Å²) >= 11 is 0. The molecule has 2 aromatic rings. The van der Waals surface area contributed by atoms with Gasteiger partial charge in [0.15, 0.2) is 5.82 Å². The van der Waals surface area contributed by atoms with E-state index in [1.165, 1.54) is 5.69 Å². The molecular weight excluding hydrogens is 266 g/mol. The van der Waals surface area contributed by atoms with Gasteiger partial charge in [-0.15, -0.1) is 0 Å². The van der Waals surface area contributed by atoms with E-state index in [2.05, 4.69) is 39.6 Å². The van der Waals surface area contributed by atoms with Gasteiger partial charge < -0.3 is 20.7 Å². The highest BCUT2D eigenvalue weighted by Crippen LogP contribution is 2.26. The van der Waals surface area contributed by atoms with Gasteiger partial charge >= 0.3 is 0 Å². The molecule has 6 heteroatoms. The molecule has 112 valence electrons. The number of nitrogens with two attached hydrogens (primary N) is 1. The van der Waals surface area contributed by atoms with Crippen LogP contribution in [0.5, 0.6) is 0 Å². The average Bonchev–Trinajstić information content (AvgIpc) is 2.75. The molecule has 1 fully saturated rings. The van der Waals surface area contributed by atoms with Crippen LogP contribution in [-0.4, -0.2) is 36.1 Å². The Kier molecular flexibility index (Phi) is 3.70. The lowest BCUT2D eigenvalue weighted by Gasteiger charge is -2.28. The summed E-state index contributed by atoms with van der Waals surface area (Å²) in [4.78, 5) is 2.33. The molecule has 3 rings (SSSR count). The monoisotopic (exact) mass is 287 g/mol. The molecule has 1 aromatic heterocycles. The SMILES string of the molecule is Cc1nn(C)c(Nc2ccc(N3CCOCC3)cc2)c1N. The summed E-state index contributed by atoms with van der Waals surface area (Å²) in [5.41, 5.74) is 9.78. The normalized spacial score (nSPS) is 15.2. The molecule has 2 heterocycles. The van der Waals surface area contributed by atoms with Gasteiger partial charge in [0.25, 0.3) is 0 Å². The largest absolute Gasteiger partial charge is 0.394 e. The van der Waals surface area contributed by atoms with Crippen molar-refractivity contribution in [2.75, 3.05) is 42.3 Å². The summed E-state index contributed by atoms with van der Waals surface area (Å²) in [7, 11) is 1.88. The third-order valence-corrected chi connectivity index (χ3v) is 3.77. The van der Waals surface area contributed by atoms with Crippen LogP contribution in [0.4, 0.5) is 22.9 Å². The number of ether oxygens (including phenoxy) is 1. The van der Waals surface area contributed by atoms with Gasteiger partial charge in [-0.3, -0.25) is 4.68 Å². The van der Waals surface area contributed by atoms with Crippen molar-refractivity contribution in [3.8, 4) is 0 Å². The first-order valence-corrected chi connectivity index (χ1v) is 7.14. The maximum Gasteiger partial charge on any atom is 0.152 e. The Morgan fingerprint density at radius 1 is 1.19 bits per heavy atom. The second-order valence-corrected chi connectivity index (χ2v) is 5.24. The molecule has 0 aliphatic carbocycles. The van der Waals surface area contributed by atoms with E-state index < -0.39 is 0 Å². The molecule has 0 bridgehead atoms. The minimum Gasteiger partial charge on any atom is -0.394 e. The second kappa shape index (κ2) is 5.65. The number of rotatable bonds is 3. The standard InChI is InChI=1S/C15H21N5O/c1-11-14(16)15(19(2)18-11)17-12-3-5-13(6-4-12)20-7-9-21-10-8-20/h3-6,17H,7-10,16H2,1-2H3. The van der Waals surface area contributed by atoms with Crippen LogP contribution < -0.4 is 16.0 Å². The second-order valence-electron chi connectivity index (χ2n) is 5.24. The number of hydrogen-bond donors (Lipinski definition) is 2. The number of nitrogens with one attached hydrogen (secondary N) is 1. The highest BCUT2D eigenvalue weighted by molar-refractivity contribution is 5.71. The van der Waals surface area contributed by atoms with Crippen LogP contribution in [0.15, 0.2) is 24.3 Å². The molecule has 0 spiro atoms. The van der Waals surface area contributed by atoms with Gasteiger partial charge in [0.1, 0.15) is 0 Å². The molecule has 1 aliphatic heterocycles. The van der Waals surface area contributed by atoms with E-state index >= 15 is 0 Å². The molecule has 3 N–H and O–H groups in total. The zero-order chi connectivity index (χ0) is 14.8. The van der Waals surface area contributed by atoms with Crippen molar-refractivity contribution >= 4 is 22.9 Å². The zero-order valence-corrected chi connectivity index (χ0v) is 12.5. The topological polar surface area (TPSA) is 68.3 Å². The Labute approximate surface area is 124 Å². The Morgan fingerprint density at radius 2 is 1.86 bits per heavy atom. The van der Waals surface area contributed by atoms with E-state index in [4.69, 9.17) is 10.5 Å². The molecule has 0 saturated carbocycles. The predicted molar refractivity (Wildman–Crippen MR) is 85.1 cm³/mol. The van der Waals surface area contributed by atoms with Crippen LogP contribution >= 0.6 is 0 Å². The van der Waals surface area contributed by atoms with Crippen molar-refractivity contribution in [3.05, 3.63) is 30.0 Å². The van der Waals surface area contributed by atoms with Crippen molar-refractivity contribution in [3.63, 3.8) is 0 Å². The van der Waals surface area contributed by atoms with Crippen LogP contribution in [0.2, 0.25) is 0 Å². The minimum atomic E-state index is 0.690. The predicted octanol–water partition coefficient (Wildman–Crippen LogP) is 1.89. The Bertz CT molecular complexity index is 614. The maximum absolute atomic E-state index is 6.03. The first-order valence-electron chi connectivity index (χ1n) is 7.14. The van der Waals surface area contributed by atoms with Crippen LogP contribution in [0.3, 0.4) is 0 Å². The molecule has 1 aromatic carbocycles. The molecule has 0 atom stereocenters. The fraction of sp³-hybridized carbons (Fsp3) is 0.400. The number of hydrogen-bond acceptors (Lipinski definition) is 5. The van der Waals surface area contributed by atoms with Crippen molar-refractivity contribution < 1.29 is 4.74 Å². The quantitative estimate of drug-likeness (QED) is 0.902. The van der Waals surface area contributed by atoms with Gasteiger partial charge in [-0.25, -0.2) is 0 Å². The Hall–Kier alpha value is -2.21. The number of nitrogen functional groups attached to an aromatic ring is 1. The minimum absolute atomic E-state index is 0.690. The number of aryl methyl sites for hydroxylation is 2. The van der Waals surface area contributed by atoms with Crippen molar-refractivity contribution in [2.45, 2.75) is 6.92 Å². The van der Waals surface area contributed by atoms with Gasteiger partial charge in [-0.05, 0) is 31.2 Å². The molecule has 1 saturated heterocycles. The van der Waals surface area contributed by atoms with Crippen LogP contribution in [0, 0.1) is 6.92 Å². The van der Waals surface area contributed by atoms with Gasteiger partial charge in [0.05, 0.1) is 24.6 Å². The third-order valence-electron chi connectivity index (χ3n) is 3.77. The molecule has 21 heavy (non-hydrogen) atoms. The fourth-order valence-electron chi connectivity index (χ4n) is 2.54. The van der Waals surface area contributed by atoms with Gasteiger partial charge in [-0.1, -0.05) is 0 Å². The third kappa shape index (κ3) is 2.80. The average molecular weight is 287 g/mol. The highest BCUT2D eigenvalue weighted by atomic mass is 16.5. The summed E-state index contributed by atoms with van der Waals surface area (Å²) in [6.07, 6.45) is 0. The molecular formula is C15H21N5O. The smallest absolute Gasteiger partial charge is 0.152 e. The number of nitrogens with zero attached hydrogens (tertiary/aromatic N) is 3. The van der Waals surface area contributed by atoms with E-state index in [0.29, 0.717) is 5.69 Å². The number of morpholine rings is 1. The fourth-order valence-corrected chi connectivity index (χ4v) is 2.54. The molecule has 1 aliphatic rings. The number of aromatic nitrogens is 2. The lowest BCUT2D eigenvalue weighted by atomic mass is 10.2. The van der Waals surface area contributed by atoms with Gasteiger partial charge in [0.2, 0.25) is 0 Å². The molecule has 0 radical (unpaired) electrons. The highest BCUT2D eigenvalue weighted by Gasteiger charge is 2.12. The molecule has 0 unspecified atom stereocenters. The van der Waals surface area contributed by atoms with E-state index in [1.54, 1.807) is 4.68 Å². The van der Waals surface area contributed by atoms with Crippen LogP contribution in [0.1, 0.15) is 5.69 Å². The first-order chi connectivity index (χ1) is 10.1. The van der Waals surface area contributed by atoms with Crippen molar-refractivity contribution in [1.29, 1.82) is 0 Å². The summed E-state index contributed by atoms with van der Waals surface area (Å²) in [5.74, 6) is 0.826. The first kappa shape index (κ1) is 13.8. The van der Waals surface area contributed by atoms with E-state index in [0.717, 1.165) is 43.5 Å². The summed E-state index contributed by atoms with van der Waals surface area (Å²) in [6, 6.07) is 8.36. The van der Waals surface area contributed by atoms with Crippen molar-refractivity contribution in [1.82, 2.24) is 9.78 Å². The Balaban J connectivity index is 1.75. The lowest BCUT2D eigenvalue weighted by molar-refractivity contribution is 0.122. The van der Waals surface area contributed by atoms with Gasteiger partial charge in [0, 0.05) is 31.5 Å². The van der Waals surface area contributed by atoms with Crippen molar-refractivity contribution in [2.24, 2.45) is 7.05 Å². The van der Waals surface area contributed by atoms with E-state index in [1.807, 2.05) is 14.0 Å². The van der Waals surface area contributed by atoms with Crippen LogP contribution in [0.25, 0.3) is 0 Å². The maximum atomic E-state index is 6.03. The van der Waals surface area contributed by atoms with E-state index in [-0.39, 0.29) is 0 Å². The van der Waals surface area contributed by atoms with Crippen LogP contribution in [-0.2, 0) is 11.8 Å². The Morgan fingerprint density at radius 3 is 2.43 bits per heavy atom. The summed E-state index contributed by atoms with van der Waals surface area (Å²) in [5, 5.41) is 7.63. The van der Waals surface area contributed by atoms with E-state index in [9.17, 15) is 0 Å². The summed E-state index contributed by atoms with van der Waals surface area (Å²) in [6.45, 7) is 5.39. The number of benzene rings is 1.